The number of hydrogen-bond donors (Lipinski definition) is 1. The van der Waals surface area contributed by atoms with Gasteiger partial charge in [-0.3, -0.25) is 9.59 Å². The number of carbonyl (C=O) groups excluding carboxylic acids is 1. The second-order valence-corrected chi connectivity index (χ2v) is 5.79. The molecule has 0 unspecified atom stereocenters. The van der Waals surface area contributed by atoms with Crippen LogP contribution in [0.1, 0.15) is 40.0 Å². The first kappa shape index (κ1) is 14.9. The van der Waals surface area contributed by atoms with Crippen molar-refractivity contribution in [2.45, 2.75) is 51.6 Å². The van der Waals surface area contributed by atoms with Crippen molar-refractivity contribution in [1.82, 2.24) is 0 Å². The summed E-state index contributed by atoms with van der Waals surface area (Å²) in [5.74, 6) is -6.66. The van der Waals surface area contributed by atoms with Gasteiger partial charge in [-0.1, -0.05) is 0 Å². The van der Waals surface area contributed by atoms with E-state index >= 15 is 0 Å². The normalized spacial score (nSPS) is 20.9. The van der Waals surface area contributed by atoms with E-state index in [4.69, 9.17) is 9.84 Å². The lowest BCUT2D eigenvalue weighted by Gasteiger charge is -2.36. The number of ether oxygens (including phenoxy) is 1. The quantitative estimate of drug-likeness (QED) is 0.625. The lowest BCUT2D eigenvalue weighted by molar-refractivity contribution is -0.171. The maximum atomic E-state index is 12.6. The minimum atomic E-state index is -2.71. The molecule has 0 aromatic carbocycles. The van der Waals surface area contributed by atoms with Gasteiger partial charge in [0.05, 0.1) is 0 Å². The van der Waals surface area contributed by atoms with Gasteiger partial charge in [-0.25, -0.2) is 8.78 Å². The fourth-order valence-corrected chi connectivity index (χ4v) is 1.96. The molecule has 1 N–H and O–H groups in total. The smallest absolute Gasteiger partial charge is 0.320 e. The van der Waals surface area contributed by atoms with E-state index in [1.54, 1.807) is 20.8 Å². The molecule has 4 nitrogen and oxygen atoms in total. The maximum absolute atomic E-state index is 12.6. The summed E-state index contributed by atoms with van der Waals surface area (Å²) in [5.41, 5.74) is -0.783. The van der Waals surface area contributed by atoms with Gasteiger partial charge in [0.1, 0.15) is 5.60 Å². The number of carboxylic acids is 1. The van der Waals surface area contributed by atoms with E-state index in [1.165, 1.54) is 0 Å². The minimum absolute atomic E-state index is 0.0835. The number of aliphatic carboxylic acids is 1. The summed E-state index contributed by atoms with van der Waals surface area (Å²) >= 11 is 0. The SMILES string of the molecule is CC(C)(C)OC(=O)[C@@H](CC1CC(F)(F)C1)C(=O)O. The number of rotatable bonds is 4. The summed E-state index contributed by atoms with van der Waals surface area (Å²) < 4.78 is 30.3. The largest absolute Gasteiger partial charge is 0.481 e. The zero-order chi connectivity index (χ0) is 14.1. The first-order valence-corrected chi connectivity index (χ1v) is 5.84. The Bertz CT molecular complexity index is 338. The molecular weight excluding hydrogens is 246 g/mol. The molecule has 0 bridgehead atoms. The highest BCUT2D eigenvalue weighted by Crippen LogP contribution is 2.45. The minimum Gasteiger partial charge on any atom is -0.481 e. The van der Waals surface area contributed by atoms with Gasteiger partial charge in [-0.2, -0.15) is 0 Å². The average molecular weight is 264 g/mol. The fraction of sp³-hybridized carbons (Fsp3) is 0.833. The number of esters is 1. The molecule has 1 aliphatic rings. The molecule has 0 amide bonds. The molecule has 1 rings (SSSR count). The Morgan fingerprint density at radius 1 is 1.39 bits per heavy atom. The Morgan fingerprint density at radius 3 is 2.22 bits per heavy atom. The van der Waals surface area contributed by atoms with Crippen LogP contribution in [0.25, 0.3) is 0 Å². The van der Waals surface area contributed by atoms with Crippen molar-refractivity contribution >= 4 is 11.9 Å². The molecule has 1 fully saturated rings. The third kappa shape index (κ3) is 4.23. The standard InChI is InChI=1S/C12H18F2O4/c1-11(2,3)18-10(17)8(9(15)16)4-7-5-12(13,14)6-7/h7-8H,4-6H2,1-3H3,(H,15,16)/t8-/m0/s1. The highest BCUT2D eigenvalue weighted by Gasteiger charge is 2.47. The fourth-order valence-electron chi connectivity index (χ4n) is 1.96. The lowest BCUT2D eigenvalue weighted by Crippen LogP contribution is -2.40. The van der Waals surface area contributed by atoms with Crippen molar-refractivity contribution < 1.29 is 28.2 Å². The van der Waals surface area contributed by atoms with Crippen molar-refractivity contribution in [1.29, 1.82) is 0 Å². The van der Waals surface area contributed by atoms with Crippen molar-refractivity contribution in [3.63, 3.8) is 0 Å². The second-order valence-electron chi connectivity index (χ2n) is 5.79. The molecule has 0 heterocycles. The number of carboxylic acid groups (broad SMARTS) is 1. The molecule has 1 atom stereocenters. The Balaban J connectivity index is 2.56. The Morgan fingerprint density at radius 2 is 1.89 bits per heavy atom. The molecule has 6 heteroatoms. The van der Waals surface area contributed by atoms with Crippen LogP contribution in [0.3, 0.4) is 0 Å². The van der Waals surface area contributed by atoms with Crippen LogP contribution in [0, 0.1) is 11.8 Å². The first-order valence-electron chi connectivity index (χ1n) is 5.84. The van der Waals surface area contributed by atoms with Crippen LogP contribution < -0.4 is 0 Å². The van der Waals surface area contributed by atoms with E-state index in [-0.39, 0.29) is 19.3 Å². The first-order chi connectivity index (χ1) is 8.00. The molecular formula is C12H18F2O4. The van der Waals surface area contributed by atoms with E-state index in [0.717, 1.165) is 0 Å². The number of hydrogen-bond acceptors (Lipinski definition) is 3. The summed E-state index contributed by atoms with van der Waals surface area (Å²) in [5, 5.41) is 8.95. The van der Waals surface area contributed by atoms with E-state index in [9.17, 15) is 18.4 Å². The number of halogens is 2. The molecule has 0 radical (unpaired) electrons. The van der Waals surface area contributed by atoms with Crippen LogP contribution in [0.2, 0.25) is 0 Å². The van der Waals surface area contributed by atoms with Gasteiger partial charge in [0, 0.05) is 12.8 Å². The molecule has 0 aromatic rings. The van der Waals surface area contributed by atoms with Gasteiger partial charge in [0.15, 0.2) is 5.92 Å². The zero-order valence-electron chi connectivity index (χ0n) is 10.7. The van der Waals surface area contributed by atoms with E-state index in [1.807, 2.05) is 0 Å². The van der Waals surface area contributed by atoms with Crippen LogP contribution >= 0.6 is 0 Å². The lowest BCUT2D eigenvalue weighted by atomic mass is 9.76. The van der Waals surface area contributed by atoms with Crippen LogP contribution in [-0.2, 0) is 14.3 Å². The van der Waals surface area contributed by atoms with Gasteiger partial charge >= 0.3 is 11.9 Å². The van der Waals surface area contributed by atoms with Crippen LogP contribution in [0.15, 0.2) is 0 Å². The molecule has 1 saturated carbocycles. The highest BCUT2D eigenvalue weighted by molar-refractivity contribution is 5.94. The van der Waals surface area contributed by atoms with E-state index in [2.05, 4.69) is 0 Å². The third-order valence-corrected chi connectivity index (χ3v) is 2.73. The van der Waals surface area contributed by atoms with Crippen LogP contribution in [-0.4, -0.2) is 28.6 Å². The Labute approximate surface area is 104 Å². The Hall–Kier alpha value is -1.20. The van der Waals surface area contributed by atoms with Crippen molar-refractivity contribution in [3.05, 3.63) is 0 Å². The van der Waals surface area contributed by atoms with Gasteiger partial charge < -0.3 is 9.84 Å². The molecule has 104 valence electrons. The summed E-state index contributed by atoms with van der Waals surface area (Å²) in [7, 11) is 0. The predicted molar refractivity (Wildman–Crippen MR) is 59.3 cm³/mol. The van der Waals surface area contributed by atoms with Crippen LogP contribution in [0.4, 0.5) is 8.78 Å². The van der Waals surface area contributed by atoms with Crippen molar-refractivity contribution in [2.75, 3.05) is 0 Å². The molecule has 0 spiro atoms. The summed E-state index contributed by atoms with van der Waals surface area (Å²) in [6, 6.07) is 0. The topological polar surface area (TPSA) is 63.6 Å². The van der Waals surface area contributed by atoms with Gasteiger partial charge in [-0.15, -0.1) is 0 Å². The van der Waals surface area contributed by atoms with Gasteiger partial charge in [-0.05, 0) is 33.1 Å². The molecule has 1 aliphatic carbocycles. The maximum Gasteiger partial charge on any atom is 0.320 e. The summed E-state index contributed by atoms with van der Waals surface area (Å²) in [6.45, 7) is 4.88. The zero-order valence-corrected chi connectivity index (χ0v) is 10.7. The number of carbonyl (C=O) groups is 2. The van der Waals surface area contributed by atoms with E-state index in [0.29, 0.717) is 0 Å². The van der Waals surface area contributed by atoms with Crippen molar-refractivity contribution in [2.24, 2.45) is 11.8 Å². The van der Waals surface area contributed by atoms with E-state index < -0.39 is 35.3 Å². The average Bonchev–Trinajstić information content (AvgIpc) is 2.06. The third-order valence-electron chi connectivity index (χ3n) is 2.73. The molecule has 0 saturated heterocycles. The summed E-state index contributed by atoms with van der Waals surface area (Å²) in [6.07, 6.45) is -0.779. The molecule has 18 heavy (non-hydrogen) atoms. The van der Waals surface area contributed by atoms with Gasteiger partial charge in [0.25, 0.3) is 0 Å². The molecule has 0 aromatic heterocycles. The predicted octanol–water partition coefficient (Wildman–Crippen LogP) is 2.46. The monoisotopic (exact) mass is 264 g/mol. The highest BCUT2D eigenvalue weighted by atomic mass is 19.3. The molecule has 0 aliphatic heterocycles. The summed E-state index contributed by atoms with van der Waals surface area (Å²) in [4.78, 5) is 22.6. The van der Waals surface area contributed by atoms with Crippen molar-refractivity contribution in [3.8, 4) is 0 Å². The van der Waals surface area contributed by atoms with Crippen LogP contribution in [0.5, 0.6) is 0 Å². The Kier molecular flexibility index (Phi) is 3.98. The second kappa shape index (κ2) is 4.82. The number of alkyl halides is 2. The van der Waals surface area contributed by atoms with Gasteiger partial charge in [0.2, 0.25) is 5.92 Å².